The summed E-state index contributed by atoms with van der Waals surface area (Å²) in [7, 11) is 0. The normalized spacial score (nSPS) is 15.2. The zero-order chi connectivity index (χ0) is 24.4. The number of anilines is 1. The van der Waals surface area contributed by atoms with Gasteiger partial charge < -0.3 is 25.7 Å². The highest BCUT2D eigenvalue weighted by Crippen LogP contribution is 2.42. The van der Waals surface area contributed by atoms with Gasteiger partial charge in [-0.25, -0.2) is 0 Å². The number of nitrogens with two attached hydrogens (primary N) is 1. The van der Waals surface area contributed by atoms with Gasteiger partial charge in [-0.1, -0.05) is 29.8 Å². The number of carbonyl (C=O) groups excluding carboxylic acids is 1. The van der Waals surface area contributed by atoms with Crippen molar-refractivity contribution in [3.8, 4) is 11.1 Å². The summed E-state index contributed by atoms with van der Waals surface area (Å²) in [5, 5.41) is 13.3. The number of nitrogens with zero attached hydrogens (tertiary/aromatic N) is 1. The SMILES string of the molecule is Cc1c(-c2c[nH]c(C(N)=O)c3[nH]c4cc(=O)ccc4c23)cccc1N1Cc2ccc(Cl)cc2C1O. The van der Waals surface area contributed by atoms with Gasteiger partial charge in [0.1, 0.15) is 5.69 Å². The Kier molecular flexibility index (Phi) is 4.74. The summed E-state index contributed by atoms with van der Waals surface area (Å²) in [5.74, 6) is -0.600. The lowest BCUT2D eigenvalue weighted by atomic mass is 9.95. The quantitative estimate of drug-likeness (QED) is 0.296. The number of fused-ring (bicyclic) bond motifs is 4. The molecule has 3 aromatic carbocycles. The maximum absolute atomic E-state index is 12.1. The van der Waals surface area contributed by atoms with E-state index in [9.17, 15) is 14.7 Å². The Labute approximate surface area is 204 Å². The Hall–Kier alpha value is -4.07. The molecule has 174 valence electrons. The summed E-state index contributed by atoms with van der Waals surface area (Å²) in [6.45, 7) is 2.56. The molecule has 2 aromatic heterocycles. The minimum absolute atomic E-state index is 0.129. The van der Waals surface area contributed by atoms with Crippen molar-refractivity contribution in [1.29, 1.82) is 0 Å². The predicted molar refractivity (Wildman–Crippen MR) is 138 cm³/mol. The van der Waals surface area contributed by atoms with Crippen molar-refractivity contribution < 1.29 is 9.90 Å². The monoisotopic (exact) mass is 484 g/mol. The molecule has 3 heterocycles. The summed E-state index contributed by atoms with van der Waals surface area (Å²) in [6.07, 6.45) is 0.951. The summed E-state index contributed by atoms with van der Waals surface area (Å²) in [4.78, 5) is 32.3. The third kappa shape index (κ3) is 3.24. The smallest absolute Gasteiger partial charge is 0.267 e. The molecule has 0 bridgehead atoms. The zero-order valence-electron chi connectivity index (χ0n) is 18.7. The number of hydrogen-bond acceptors (Lipinski definition) is 4. The summed E-state index contributed by atoms with van der Waals surface area (Å²) < 4.78 is 0. The average Bonchev–Trinajstić information content (AvgIpc) is 3.36. The first-order valence-corrected chi connectivity index (χ1v) is 11.5. The van der Waals surface area contributed by atoms with Crippen LogP contribution in [0.3, 0.4) is 0 Å². The zero-order valence-corrected chi connectivity index (χ0v) is 19.5. The van der Waals surface area contributed by atoms with Crippen molar-refractivity contribution in [3.05, 3.63) is 98.4 Å². The van der Waals surface area contributed by atoms with Crippen LogP contribution >= 0.6 is 11.6 Å². The number of carbonyl (C=O) groups is 1. The standard InChI is InChI=1S/C27H21ClN4O3/c1-13-17(3-2-4-22(13)32-12-14-5-6-15(28)9-19(14)27(32)35)20-11-30-25(26(29)34)24-23(20)18-8-7-16(33)10-21(18)31-24/h2-11,27,30-31,35H,12H2,1H3,(H2,29,34). The molecule has 0 saturated carbocycles. The van der Waals surface area contributed by atoms with Crippen LogP contribution in [-0.4, -0.2) is 21.0 Å². The molecule has 5 aromatic rings. The van der Waals surface area contributed by atoms with E-state index in [4.69, 9.17) is 17.3 Å². The van der Waals surface area contributed by atoms with Gasteiger partial charge in [0.2, 0.25) is 0 Å². The number of aliphatic hydroxyl groups is 1. The predicted octanol–water partition coefficient (Wildman–Crippen LogP) is 4.75. The highest BCUT2D eigenvalue weighted by molar-refractivity contribution is 6.30. The number of hydrogen-bond donors (Lipinski definition) is 4. The molecule has 0 fully saturated rings. The van der Waals surface area contributed by atoms with Crippen LogP contribution in [0.4, 0.5) is 5.69 Å². The van der Waals surface area contributed by atoms with Crippen LogP contribution in [-0.2, 0) is 6.54 Å². The molecular weight excluding hydrogens is 464 g/mol. The Morgan fingerprint density at radius 1 is 1.14 bits per heavy atom. The van der Waals surface area contributed by atoms with E-state index in [1.54, 1.807) is 18.3 Å². The van der Waals surface area contributed by atoms with Crippen molar-refractivity contribution >= 4 is 45.0 Å². The number of halogens is 1. The minimum atomic E-state index is -0.815. The molecule has 0 saturated heterocycles. The van der Waals surface area contributed by atoms with Gasteiger partial charge in [-0.15, -0.1) is 0 Å². The minimum Gasteiger partial charge on any atom is -0.369 e. The molecule has 1 unspecified atom stereocenters. The molecule has 35 heavy (non-hydrogen) atoms. The van der Waals surface area contributed by atoms with Gasteiger partial charge in [-0.3, -0.25) is 9.59 Å². The summed E-state index contributed by atoms with van der Waals surface area (Å²) in [6, 6.07) is 16.3. The van der Waals surface area contributed by atoms with Crippen LogP contribution in [0.5, 0.6) is 0 Å². The van der Waals surface area contributed by atoms with Crippen molar-refractivity contribution in [3.63, 3.8) is 0 Å². The van der Waals surface area contributed by atoms with Crippen molar-refractivity contribution in [2.24, 2.45) is 5.73 Å². The lowest BCUT2D eigenvalue weighted by molar-refractivity contribution is 0.0997. The van der Waals surface area contributed by atoms with E-state index >= 15 is 0 Å². The first kappa shape index (κ1) is 21.5. The third-order valence-electron chi connectivity index (χ3n) is 6.82. The maximum Gasteiger partial charge on any atom is 0.267 e. The van der Waals surface area contributed by atoms with E-state index < -0.39 is 12.1 Å². The number of nitrogens with one attached hydrogen (secondary N) is 2. The van der Waals surface area contributed by atoms with Crippen molar-refractivity contribution in [2.45, 2.75) is 19.7 Å². The summed E-state index contributed by atoms with van der Waals surface area (Å²) >= 11 is 6.17. The Morgan fingerprint density at radius 3 is 2.77 bits per heavy atom. The number of H-pyrrole nitrogens is 2. The number of benzene rings is 3. The van der Waals surface area contributed by atoms with Crippen LogP contribution in [0.2, 0.25) is 5.02 Å². The lowest BCUT2D eigenvalue weighted by Crippen LogP contribution is -2.22. The van der Waals surface area contributed by atoms with Crippen LogP contribution in [0.25, 0.3) is 32.9 Å². The van der Waals surface area contributed by atoms with Gasteiger partial charge in [0, 0.05) is 51.4 Å². The van der Waals surface area contributed by atoms with Crippen molar-refractivity contribution in [1.82, 2.24) is 9.97 Å². The molecule has 6 rings (SSSR count). The number of aromatic nitrogens is 2. The molecular formula is C27H21ClN4O3. The number of aromatic amines is 2. The second kappa shape index (κ2) is 7.73. The molecule has 1 amide bonds. The highest BCUT2D eigenvalue weighted by Gasteiger charge is 2.30. The molecule has 1 aliphatic heterocycles. The first-order valence-electron chi connectivity index (χ1n) is 11.1. The van der Waals surface area contributed by atoms with Gasteiger partial charge in [0.05, 0.1) is 11.0 Å². The van der Waals surface area contributed by atoms with Gasteiger partial charge in [0.25, 0.3) is 5.91 Å². The lowest BCUT2D eigenvalue weighted by Gasteiger charge is -2.26. The number of rotatable bonds is 3. The molecule has 0 radical (unpaired) electrons. The first-order chi connectivity index (χ1) is 16.8. The molecule has 5 N–H and O–H groups in total. The fraction of sp³-hybridized carbons (Fsp3) is 0.111. The van der Waals surface area contributed by atoms with Crippen LogP contribution in [0, 0.1) is 6.92 Å². The fourth-order valence-corrected chi connectivity index (χ4v) is 5.35. The summed E-state index contributed by atoms with van der Waals surface area (Å²) in [5.41, 5.74) is 12.4. The molecule has 0 spiro atoms. The molecule has 7 nitrogen and oxygen atoms in total. The van der Waals surface area contributed by atoms with E-state index in [2.05, 4.69) is 9.97 Å². The highest BCUT2D eigenvalue weighted by atomic mass is 35.5. The molecule has 0 aliphatic carbocycles. The van der Waals surface area contributed by atoms with E-state index in [0.717, 1.165) is 44.3 Å². The van der Waals surface area contributed by atoms with Gasteiger partial charge in [-0.2, -0.15) is 0 Å². The number of primary amides is 1. The average molecular weight is 485 g/mol. The fourth-order valence-electron chi connectivity index (χ4n) is 5.17. The third-order valence-corrected chi connectivity index (χ3v) is 7.06. The van der Waals surface area contributed by atoms with E-state index in [0.29, 0.717) is 22.6 Å². The van der Waals surface area contributed by atoms with Gasteiger partial charge >= 0.3 is 0 Å². The van der Waals surface area contributed by atoms with E-state index in [1.807, 2.05) is 42.2 Å². The van der Waals surface area contributed by atoms with E-state index in [1.165, 1.54) is 12.1 Å². The van der Waals surface area contributed by atoms with Crippen LogP contribution in [0.15, 0.2) is 65.6 Å². The van der Waals surface area contributed by atoms with Crippen molar-refractivity contribution in [2.75, 3.05) is 4.90 Å². The van der Waals surface area contributed by atoms with Gasteiger partial charge in [0.15, 0.2) is 11.7 Å². The Balaban J connectivity index is 1.56. The largest absolute Gasteiger partial charge is 0.369 e. The number of aliphatic hydroxyl groups excluding tert-OH is 1. The topological polar surface area (TPSA) is 115 Å². The van der Waals surface area contributed by atoms with E-state index in [-0.39, 0.29) is 11.1 Å². The second-order valence-electron chi connectivity index (χ2n) is 8.82. The molecule has 8 heteroatoms. The molecule has 1 aliphatic rings. The Bertz CT molecular complexity index is 1740. The van der Waals surface area contributed by atoms with Crippen LogP contribution < -0.4 is 16.1 Å². The maximum atomic E-state index is 12.1. The second-order valence-corrected chi connectivity index (χ2v) is 9.25. The molecule has 1 atom stereocenters. The number of pyridine rings is 1. The Morgan fingerprint density at radius 2 is 1.97 bits per heavy atom. The van der Waals surface area contributed by atoms with Gasteiger partial charge in [-0.05, 0) is 53.9 Å². The van der Waals surface area contributed by atoms with Crippen LogP contribution in [0.1, 0.15) is 33.4 Å². The number of amides is 1.